The molecule has 1 aromatic carbocycles. The summed E-state index contributed by atoms with van der Waals surface area (Å²) in [5.74, 6) is -0.609. The summed E-state index contributed by atoms with van der Waals surface area (Å²) in [5.41, 5.74) is 0.831. The highest BCUT2D eigenvalue weighted by atomic mass is 32.2. The molecule has 2 rings (SSSR count). The number of hydrogen-bond acceptors (Lipinski definition) is 3. The zero-order chi connectivity index (χ0) is 17.9. The van der Waals surface area contributed by atoms with Gasteiger partial charge in [0.25, 0.3) is 10.2 Å². The van der Waals surface area contributed by atoms with Crippen molar-refractivity contribution in [2.45, 2.75) is 25.8 Å². The summed E-state index contributed by atoms with van der Waals surface area (Å²) in [6.45, 7) is 2.52. The largest absolute Gasteiger partial charge is 0.349 e. The second kappa shape index (κ2) is 7.58. The van der Waals surface area contributed by atoms with Crippen molar-refractivity contribution in [1.82, 2.24) is 13.9 Å². The van der Waals surface area contributed by atoms with Crippen LogP contribution in [0.15, 0.2) is 24.3 Å². The molecular weight excluding hydrogens is 333 g/mol. The van der Waals surface area contributed by atoms with Crippen molar-refractivity contribution in [2.75, 3.05) is 27.2 Å². The van der Waals surface area contributed by atoms with E-state index in [1.165, 1.54) is 34.8 Å². The van der Waals surface area contributed by atoms with Crippen LogP contribution in [0.1, 0.15) is 31.4 Å². The van der Waals surface area contributed by atoms with Crippen molar-refractivity contribution < 1.29 is 17.6 Å². The van der Waals surface area contributed by atoms with E-state index >= 15 is 0 Å². The number of carbonyl (C=O) groups excluding carboxylic acids is 1. The predicted molar refractivity (Wildman–Crippen MR) is 89.9 cm³/mol. The van der Waals surface area contributed by atoms with E-state index in [0.29, 0.717) is 25.9 Å². The topological polar surface area (TPSA) is 69.7 Å². The van der Waals surface area contributed by atoms with E-state index in [1.54, 1.807) is 12.1 Å². The van der Waals surface area contributed by atoms with Gasteiger partial charge < -0.3 is 5.32 Å². The van der Waals surface area contributed by atoms with Crippen molar-refractivity contribution in [1.29, 1.82) is 0 Å². The van der Waals surface area contributed by atoms with Gasteiger partial charge in [-0.25, -0.2) is 4.39 Å². The number of piperidine rings is 1. The molecule has 1 amide bonds. The van der Waals surface area contributed by atoms with Gasteiger partial charge in [-0.15, -0.1) is 0 Å². The third kappa shape index (κ3) is 4.31. The predicted octanol–water partition coefficient (Wildman–Crippen LogP) is 1.52. The smallest absolute Gasteiger partial charge is 0.281 e. The van der Waals surface area contributed by atoms with E-state index in [4.69, 9.17) is 0 Å². The Labute approximate surface area is 142 Å². The van der Waals surface area contributed by atoms with Crippen molar-refractivity contribution in [2.24, 2.45) is 5.92 Å². The highest BCUT2D eigenvalue weighted by Gasteiger charge is 2.32. The summed E-state index contributed by atoms with van der Waals surface area (Å²) in [4.78, 5) is 12.4. The fraction of sp³-hybridized carbons (Fsp3) is 0.562. The van der Waals surface area contributed by atoms with Gasteiger partial charge in [-0.2, -0.15) is 17.0 Å². The molecular formula is C16H24FN3O3S. The molecule has 0 radical (unpaired) electrons. The minimum atomic E-state index is -3.42. The maximum Gasteiger partial charge on any atom is 0.281 e. The van der Waals surface area contributed by atoms with Gasteiger partial charge in [-0.05, 0) is 37.5 Å². The quantitative estimate of drug-likeness (QED) is 0.869. The summed E-state index contributed by atoms with van der Waals surface area (Å²) < 4.78 is 39.7. The lowest BCUT2D eigenvalue weighted by molar-refractivity contribution is -0.126. The van der Waals surface area contributed by atoms with Gasteiger partial charge in [0.1, 0.15) is 5.82 Å². The summed E-state index contributed by atoms with van der Waals surface area (Å²) in [6, 6.07) is 5.80. The van der Waals surface area contributed by atoms with Crippen LogP contribution in [0, 0.1) is 11.7 Å². The number of benzene rings is 1. The molecule has 24 heavy (non-hydrogen) atoms. The second-order valence-electron chi connectivity index (χ2n) is 6.25. The molecule has 1 saturated heterocycles. The van der Waals surface area contributed by atoms with Gasteiger partial charge in [0, 0.05) is 33.1 Å². The monoisotopic (exact) mass is 357 g/mol. The highest BCUT2D eigenvalue weighted by Crippen LogP contribution is 2.22. The van der Waals surface area contributed by atoms with E-state index in [2.05, 4.69) is 5.32 Å². The first-order chi connectivity index (χ1) is 11.2. The van der Waals surface area contributed by atoms with Crippen molar-refractivity contribution in [3.63, 3.8) is 0 Å². The van der Waals surface area contributed by atoms with Crippen molar-refractivity contribution in [3.05, 3.63) is 35.6 Å². The van der Waals surface area contributed by atoms with E-state index < -0.39 is 10.2 Å². The fourth-order valence-electron chi connectivity index (χ4n) is 2.75. The Hall–Kier alpha value is -1.51. The van der Waals surface area contributed by atoms with Crippen LogP contribution in [0.25, 0.3) is 0 Å². The van der Waals surface area contributed by atoms with Crippen LogP contribution in [-0.4, -0.2) is 50.1 Å². The van der Waals surface area contributed by atoms with E-state index in [0.717, 1.165) is 5.56 Å². The molecule has 8 heteroatoms. The Morgan fingerprint density at radius 1 is 1.25 bits per heavy atom. The molecule has 0 aliphatic carbocycles. The van der Waals surface area contributed by atoms with Crippen molar-refractivity contribution >= 4 is 16.1 Å². The van der Waals surface area contributed by atoms with Crippen LogP contribution in [0.4, 0.5) is 4.39 Å². The Morgan fingerprint density at radius 3 is 2.29 bits per heavy atom. The molecule has 1 aliphatic rings. The van der Waals surface area contributed by atoms with Gasteiger partial charge in [0.05, 0.1) is 6.04 Å². The third-order valence-electron chi connectivity index (χ3n) is 4.34. The zero-order valence-corrected chi connectivity index (χ0v) is 15.0. The first-order valence-corrected chi connectivity index (χ1v) is 9.35. The van der Waals surface area contributed by atoms with E-state index in [-0.39, 0.29) is 23.7 Å². The fourth-order valence-corrected chi connectivity index (χ4v) is 3.88. The first kappa shape index (κ1) is 18.8. The standard InChI is InChI=1S/C16H24FN3O3S/c1-12(13-4-6-15(17)7-5-13)18-16(21)14-8-10-20(11-9-14)24(22,23)19(2)3/h4-7,12,14H,8-11H2,1-3H3,(H,18,21)/t12-/m1/s1. The molecule has 0 saturated carbocycles. The van der Waals surface area contributed by atoms with Crippen LogP contribution in [0.5, 0.6) is 0 Å². The van der Waals surface area contributed by atoms with Gasteiger partial charge >= 0.3 is 0 Å². The number of rotatable bonds is 5. The molecule has 1 aliphatic heterocycles. The molecule has 1 heterocycles. The van der Waals surface area contributed by atoms with Crippen molar-refractivity contribution in [3.8, 4) is 0 Å². The number of amides is 1. The summed E-state index contributed by atoms with van der Waals surface area (Å²) in [5, 5.41) is 2.92. The number of hydrogen-bond donors (Lipinski definition) is 1. The van der Waals surface area contributed by atoms with E-state index in [1.807, 2.05) is 6.92 Å². The minimum absolute atomic E-state index is 0.0891. The van der Waals surface area contributed by atoms with Gasteiger partial charge in [0.15, 0.2) is 0 Å². The Bertz CT molecular complexity index is 668. The molecule has 1 fully saturated rings. The number of nitrogens with one attached hydrogen (secondary N) is 1. The maximum absolute atomic E-state index is 12.9. The lowest BCUT2D eigenvalue weighted by Gasteiger charge is -2.32. The Balaban J connectivity index is 1.90. The minimum Gasteiger partial charge on any atom is -0.349 e. The molecule has 0 spiro atoms. The number of halogens is 1. The molecule has 134 valence electrons. The summed E-state index contributed by atoms with van der Waals surface area (Å²) in [7, 11) is -0.423. The molecule has 1 N–H and O–H groups in total. The Morgan fingerprint density at radius 2 is 1.79 bits per heavy atom. The Kier molecular flexibility index (Phi) is 5.95. The SMILES string of the molecule is C[C@@H](NC(=O)C1CCN(S(=O)(=O)N(C)C)CC1)c1ccc(F)cc1. The van der Waals surface area contributed by atoms with Crippen LogP contribution in [0.2, 0.25) is 0 Å². The lowest BCUT2D eigenvalue weighted by atomic mass is 9.96. The molecule has 0 unspecified atom stereocenters. The molecule has 1 aromatic rings. The average Bonchev–Trinajstić information content (AvgIpc) is 2.55. The number of carbonyl (C=O) groups is 1. The molecule has 6 nitrogen and oxygen atoms in total. The highest BCUT2D eigenvalue weighted by molar-refractivity contribution is 7.86. The second-order valence-corrected chi connectivity index (χ2v) is 8.39. The van der Waals surface area contributed by atoms with Gasteiger partial charge in [-0.1, -0.05) is 12.1 Å². The van der Waals surface area contributed by atoms with Gasteiger partial charge in [0.2, 0.25) is 5.91 Å². The summed E-state index contributed by atoms with van der Waals surface area (Å²) >= 11 is 0. The first-order valence-electron chi connectivity index (χ1n) is 7.95. The molecule has 0 bridgehead atoms. The maximum atomic E-state index is 12.9. The van der Waals surface area contributed by atoms with E-state index in [9.17, 15) is 17.6 Å². The van der Waals surface area contributed by atoms with Crippen LogP contribution >= 0.6 is 0 Å². The number of nitrogens with zero attached hydrogens (tertiary/aromatic N) is 2. The molecule has 1 atom stereocenters. The zero-order valence-electron chi connectivity index (χ0n) is 14.2. The average molecular weight is 357 g/mol. The summed E-state index contributed by atoms with van der Waals surface area (Å²) in [6.07, 6.45) is 0.990. The molecule has 0 aromatic heterocycles. The van der Waals surface area contributed by atoms with Crippen LogP contribution in [-0.2, 0) is 15.0 Å². The normalized spacial score (nSPS) is 18.5. The van der Waals surface area contributed by atoms with Gasteiger partial charge in [-0.3, -0.25) is 4.79 Å². The van der Waals surface area contributed by atoms with Crippen LogP contribution in [0.3, 0.4) is 0 Å². The third-order valence-corrected chi connectivity index (χ3v) is 6.28. The van der Waals surface area contributed by atoms with Crippen LogP contribution < -0.4 is 5.32 Å². The lowest BCUT2D eigenvalue weighted by Crippen LogP contribution is -2.47.